The Bertz CT molecular complexity index is 642. The number of benzene rings is 1. The standard InChI is InChI=1S/C18H18O6/c1-5-15(19)22-10-13-8-12(4)9-14(11-23-16(20)6-2)18(13)24-17(21)7-3/h5-9H,1-3,10-11H2,4H3. The Hall–Kier alpha value is -3.15. The second-order valence-electron chi connectivity index (χ2n) is 4.66. The van der Waals surface area contributed by atoms with Crippen molar-refractivity contribution in [1.82, 2.24) is 0 Å². The molecule has 0 aliphatic carbocycles. The summed E-state index contributed by atoms with van der Waals surface area (Å²) in [5.74, 6) is -1.76. The van der Waals surface area contributed by atoms with Crippen molar-refractivity contribution >= 4 is 17.9 Å². The predicted octanol–water partition coefficient (Wildman–Crippen LogP) is 2.54. The van der Waals surface area contributed by atoms with Gasteiger partial charge in [-0.25, -0.2) is 14.4 Å². The topological polar surface area (TPSA) is 78.9 Å². The van der Waals surface area contributed by atoms with Crippen molar-refractivity contribution in [1.29, 1.82) is 0 Å². The highest BCUT2D eigenvalue weighted by atomic mass is 16.6. The molecule has 0 radical (unpaired) electrons. The van der Waals surface area contributed by atoms with Crippen LogP contribution in [0.3, 0.4) is 0 Å². The van der Waals surface area contributed by atoms with Gasteiger partial charge in [-0.1, -0.05) is 25.3 Å². The van der Waals surface area contributed by atoms with Gasteiger partial charge in [0.25, 0.3) is 0 Å². The molecule has 0 saturated carbocycles. The second-order valence-corrected chi connectivity index (χ2v) is 4.66. The lowest BCUT2D eigenvalue weighted by molar-refractivity contribution is -0.139. The molecule has 0 unspecified atom stereocenters. The van der Waals surface area contributed by atoms with E-state index in [-0.39, 0.29) is 19.0 Å². The number of carbonyl (C=O) groups excluding carboxylic acids is 3. The van der Waals surface area contributed by atoms with Crippen LogP contribution in [-0.2, 0) is 37.1 Å². The minimum atomic E-state index is -0.688. The van der Waals surface area contributed by atoms with Gasteiger partial charge >= 0.3 is 17.9 Å². The maximum atomic E-state index is 11.6. The Kier molecular flexibility index (Phi) is 7.16. The summed E-state index contributed by atoms with van der Waals surface area (Å²) in [5.41, 5.74) is 1.71. The van der Waals surface area contributed by atoms with Gasteiger partial charge in [-0.3, -0.25) is 0 Å². The van der Waals surface area contributed by atoms with Gasteiger partial charge in [0.2, 0.25) is 0 Å². The minimum Gasteiger partial charge on any atom is -0.458 e. The zero-order valence-electron chi connectivity index (χ0n) is 13.4. The first-order chi connectivity index (χ1) is 11.4. The van der Waals surface area contributed by atoms with E-state index in [9.17, 15) is 14.4 Å². The second kappa shape index (κ2) is 9.09. The maximum absolute atomic E-state index is 11.6. The first-order valence-electron chi connectivity index (χ1n) is 6.96. The van der Waals surface area contributed by atoms with Crippen LogP contribution in [0.1, 0.15) is 16.7 Å². The third-order valence-corrected chi connectivity index (χ3v) is 2.83. The van der Waals surface area contributed by atoms with Crippen molar-refractivity contribution in [3.63, 3.8) is 0 Å². The smallest absolute Gasteiger partial charge is 0.335 e. The van der Waals surface area contributed by atoms with Gasteiger partial charge in [0, 0.05) is 29.4 Å². The molecular formula is C18H18O6. The molecule has 0 N–H and O–H groups in total. The molecule has 0 aromatic heterocycles. The fourth-order valence-corrected chi connectivity index (χ4v) is 1.83. The van der Waals surface area contributed by atoms with Crippen LogP contribution in [-0.4, -0.2) is 17.9 Å². The number of hydrogen-bond acceptors (Lipinski definition) is 6. The number of hydrogen-bond donors (Lipinski definition) is 0. The summed E-state index contributed by atoms with van der Waals surface area (Å²) < 4.78 is 15.2. The molecule has 126 valence electrons. The molecule has 6 heteroatoms. The molecule has 0 fully saturated rings. The van der Waals surface area contributed by atoms with Gasteiger partial charge in [-0.05, 0) is 19.1 Å². The van der Waals surface area contributed by atoms with Crippen LogP contribution in [0.25, 0.3) is 0 Å². The molecule has 1 rings (SSSR count). The highest BCUT2D eigenvalue weighted by Gasteiger charge is 2.16. The van der Waals surface area contributed by atoms with Gasteiger partial charge in [-0.15, -0.1) is 0 Å². The van der Waals surface area contributed by atoms with E-state index in [1.807, 2.05) is 0 Å². The highest BCUT2D eigenvalue weighted by Crippen LogP contribution is 2.28. The van der Waals surface area contributed by atoms with E-state index in [0.29, 0.717) is 11.1 Å². The van der Waals surface area contributed by atoms with E-state index in [1.165, 1.54) is 0 Å². The molecule has 0 heterocycles. The Labute approximate surface area is 140 Å². The number of carbonyl (C=O) groups is 3. The minimum absolute atomic E-state index is 0.130. The third-order valence-electron chi connectivity index (χ3n) is 2.83. The SMILES string of the molecule is C=CC(=O)OCc1cc(C)cc(COC(=O)C=C)c1OC(=O)C=C. The van der Waals surface area contributed by atoms with Crippen LogP contribution in [0, 0.1) is 6.92 Å². The van der Waals surface area contributed by atoms with Crippen molar-refractivity contribution in [2.45, 2.75) is 20.1 Å². The van der Waals surface area contributed by atoms with E-state index in [2.05, 4.69) is 19.7 Å². The number of rotatable bonds is 8. The normalized spacial score (nSPS) is 9.54. The number of esters is 3. The molecular weight excluding hydrogens is 312 g/mol. The lowest BCUT2D eigenvalue weighted by Gasteiger charge is -2.15. The summed E-state index contributed by atoms with van der Waals surface area (Å²) in [4.78, 5) is 34.1. The van der Waals surface area contributed by atoms with Crippen molar-refractivity contribution in [3.05, 3.63) is 66.8 Å². The van der Waals surface area contributed by atoms with E-state index in [0.717, 1.165) is 23.8 Å². The summed E-state index contributed by atoms with van der Waals surface area (Å²) in [5, 5.41) is 0. The largest absolute Gasteiger partial charge is 0.458 e. The van der Waals surface area contributed by atoms with E-state index in [1.54, 1.807) is 19.1 Å². The van der Waals surface area contributed by atoms with Crippen LogP contribution >= 0.6 is 0 Å². The van der Waals surface area contributed by atoms with Gasteiger partial charge in [0.05, 0.1) is 0 Å². The zero-order valence-corrected chi connectivity index (χ0v) is 13.4. The molecule has 1 aromatic rings. The molecule has 24 heavy (non-hydrogen) atoms. The molecule has 0 amide bonds. The third kappa shape index (κ3) is 5.57. The number of ether oxygens (including phenoxy) is 3. The summed E-state index contributed by atoms with van der Waals surface area (Å²) in [7, 11) is 0. The fraction of sp³-hybridized carbons (Fsp3) is 0.167. The summed E-state index contributed by atoms with van der Waals surface area (Å²) in [6, 6.07) is 3.39. The van der Waals surface area contributed by atoms with Gasteiger partial charge in [0.1, 0.15) is 19.0 Å². The van der Waals surface area contributed by atoms with Gasteiger partial charge < -0.3 is 14.2 Å². The lowest BCUT2D eigenvalue weighted by Crippen LogP contribution is -2.11. The average Bonchev–Trinajstić information content (AvgIpc) is 2.58. The predicted molar refractivity (Wildman–Crippen MR) is 87.0 cm³/mol. The molecule has 1 aromatic carbocycles. The van der Waals surface area contributed by atoms with Crippen molar-refractivity contribution < 1.29 is 28.6 Å². The maximum Gasteiger partial charge on any atom is 0.335 e. The molecule has 0 bridgehead atoms. The molecule has 0 saturated heterocycles. The van der Waals surface area contributed by atoms with Crippen molar-refractivity contribution in [2.75, 3.05) is 0 Å². The first kappa shape index (κ1) is 18.9. The summed E-state index contributed by atoms with van der Waals surface area (Å²) in [6.45, 7) is 11.5. The molecule has 0 aliphatic heterocycles. The molecule has 0 aliphatic rings. The molecule has 0 spiro atoms. The van der Waals surface area contributed by atoms with Crippen LogP contribution in [0.4, 0.5) is 0 Å². The monoisotopic (exact) mass is 330 g/mol. The van der Waals surface area contributed by atoms with Gasteiger partial charge in [0.15, 0.2) is 0 Å². The van der Waals surface area contributed by atoms with E-state index in [4.69, 9.17) is 14.2 Å². The Morgan fingerprint density at radius 1 is 0.875 bits per heavy atom. The van der Waals surface area contributed by atoms with E-state index >= 15 is 0 Å². The lowest BCUT2D eigenvalue weighted by atomic mass is 10.1. The Balaban J connectivity index is 3.19. The van der Waals surface area contributed by atoms with Crippen LogP contribution in [0.2, 0.25) is 0 Å². The molecule has 0 atom stereocenters. The van der Waals surface area contributed by atoms with Crippen LogP contribution < -0.4 is 4.74 Å². The highest BCUT2D eigenvalue weighted by molar-refractivity contribution is 5.84. The summed E-state index contributed by atoms with van der Waals surface area (Å²) >= 11 is 0. The van der Waals surface area contributed by atoms with E-state index < -0.39 is 17.9 Å². The first-order valence-corrected chi connectivity index (χ1v) is 6.96. The number of aryl methyl sites for hydroxylation is 1. The van der Waals surface area contributed by atoms with Gasteiger partial charge in [-0.2, -0.15) is 0 Å². The van der Waals surface area contributed by atoms with Crippen molar-refractivity contribution in [2.24, 2.45) is 0 Å². The van der Waals surface area contributed by atoms with Crippen LogP contribution in [0.15, 0.2) is 50.1 Å². The average molecular weight is 330 g/mol. The van der Waals surface area contributed by atoms with Crippen molar-refractivity contribution in [3.8, 4) is 5.75 Å². The fourth-order valence-electron chi connectivity index (χ4n) is 1.83. The Morgan fingerprint density at radius 2 is 1.29 bits per heavy atom. The quantitative estimate of drug-likeness (QED) is 0.414. The summed E-state index contributed by atoms with van der Waals surface area (Å²) in [6.07, 6.45) is 3.05. The Morgan fingerprint density at radius 3 is 1.67 bits per heavy atom. The van der Waals surface area contributed by atoms with Crippen LogP contribution in [0.5, 0.6) is 5.75 Å². The zero-order chi connectivity index (χ0) is 18.1. The molecule has 6 nitrogen and oxygen atoms in total.